The quantitative estimate of drug-likeness (QED) is 0.797. The van der Waals surface area contributed by atoms with Crippen LogP contribution in [0.2, 0.25) is 0 Å². The molecule has 0 spiro atoms. The molecule has 3 nitrogen and oxygen atoms in total. The van der Waals surface area contributed by atoms with Crippen molar-refractivity contribution in [3.63, 3.8) is 0 Å². The van der Waals surface area contributed by atoms with E-state index in [1.54, 1.807) is 0 Å². The zero-order chi connectivity index (χ0) is 12.6. The number of carbonyl (C=O) groups is 1. The van der Waals surface area contributed by atoms with Crippen LogP contribution >= 0.6 is 0 Å². The van der Waals surface area contributed by atoms with Crippen molar-refractivity contribution in [1.29, 1.82) is 0 Å². The first-order valence-corrected chi connectivity index (χ1v) is 5.34. The summed E-state index contributed by atoms with van der Waals surface area (Å²) in [6.07, 6.45) is 0. The number of hydrogen-bond donors (Lipinski definition) is 1. The van der Waals surface area contributed by atoms with Crippen LogP contribution in [-0.2, 0) is 4.74 Å². The summed E-state index contributed by atoms with van der Waals surface area (Å²) in [7, 11) is 0. The lowest BCUT2D eigenvalue weighted by atomic mass is 9.92. The third-order valence-electron chi connectivity index (χ3n) is 2.99. The topological polar surface area (TPSA) is 52.3 Å². The van der Waals surface area contributed by atoms with Crippen molar-refractivity contribution >= 4 is 5.78 Å². The molecule has 2 atom stereocenters. The fraction of sp³-hybridized carbons (Fsp3) is 0.417. The molecule has 1 fully saturated rings. The molecular formula is C12H13F2NO2. The molecule has 0 saturated carbocycles. The maximum absolute atomic E-state index is 13.8. The van der Waals surface area contributed by atoms with E-state index in [4.69, 9.17) is 10.5 Å². The number of benzene rings is 1. The Hall–Kier alpha value is -1.33. The number of carbonyl (C=O) groups excluding carboxylic acids is 1. The molecule has 0 aliphatic carbocycles. The predicted octanol–water partition coefficient (Wildman–Crippen LogP) is 1.43. The zero-order valence-corrected chi connectivity index (χ0v) is 9.37. The van der Waals surface area contributed by atoms with E-state index in [9.17, 15) is 13.6 Å². The molecule has 2 rings (SSSR count). The SMILES string of the molecule is Cc1ccc(F)c(C(=O)C2COCC2N)c1F. The molecule has 0 bridgehead atoms. The second-order valence-corrected chi connectivity index (χ2v) is 4.23. The lowest BCUT2D eigenvalue weighted by Crippen LogP contribution is -2.35. The molecule has 0 radical (unpaired) electrons. The van der Waals surface area contributed by atoms with Gasteiger partial charge in [0.25, 0.3) is 0 Å². The fourth-order valence-electron chi connectivity index (χ4n) is 1.91. The fourth-order valence-corrected chi connectivity index (χ4v) is 1.91. The van der Waals surface area contributed by atoms with Gasteiger partial charge in [0.15, 0.2) is 5.78 Å². The normalized spacial score (nSPS) is 24.0. The van der Waals surface area contributed by atoms with E-state index < -0.39 is 34.9 Å². The minimum atomic E-state index is -0.850. The molecule has 92 valence electrons. The molecule has 1 heterocycles. The monoisotopic (exact) mass is 241 g/mol. The summed E-state index contributed by atoms with van der Waals surface area (Å²) in [6, 6.07) is 1.89. The van der Waals surface area contributed by atoms with Crippen LogP contribution in [0.5, 0.6) is 0 Å². The van der Waals surface area contributed by atoms with Crippen molar-refractivity contribution in [3.8, 4) is 0 Å². The molecule has 2 unspecified atom stereocenters. The van der Waals surface area contributed by atoms with E-state index in [1.807, 2.05) is 0 Å². The zero-order valence-electron chi connectivity index (χ0n) is 9.37. The second kappa shape index (κ2) is 4.50. The summed E-state index contributed by atoms with van der Waals surface area (Å²) in [6.45, 7) is 1.84. The predicted molar refractivity (Wildman–Crippen MR) is 57.7 cm³/mol. The highest BCUT2D eigenvalue weighted by Gasteiger charge is 2.35. The van der Waals surface area contributed by atoms with E-state index >= 15 is 0 Å². The van der Waals surface area contributed by atoms with Crippen molar-refractivity contribution in [2.75, 3.05) is 13.2 Å². The Balaban J connectivity index is 2.40. The first kappa shape index (κ1) is 12.1. The van der Waals surface area contributed by atoms with Gasteiger partial charge in [-0.2, -0.15) is 0 Å². The first-order valence-electron chi connectivity index (χ1n) is 5.34. The van der Waals surface area contributed by atoms with E-state index in [-0.39, 0.29) is 18.8 Å². The number of aryl methyl sites for hydroxylation is 1. The number of ketones is 1. The van der Waals surface area contributed by atoms with Crippen LogP contribution in [0.15, 0.2) is 12.1 Å². The van der Waals surface area contributed by atoms with Gasteiger partial charge in [0, 0.05) is 6.04 Å². The Morgan fingerprint density at radius 2 is 2.12 bits per heavy atom. The van der Waals surface area contributed by atoms with Crippen LogP contribution in [-0.4, -0.2) is 25.0 Å². The van der Waals surface area contributed by atoms with E-state index in [1.165, 1.54) is 13.0 Å². The summed E-state index contributed by atoms with van der Waals surface area (Å²) < 4.78 is 32.3. The summed E-state index contributed by atoms with van der Waals surface area (Å²) in [4.78, 5) is 12.0. The van der Waals surface area contributed by atoms with Crippen LogP contribution in [0.1, 0.15) is 15.9 Å². The van der Waals surface area contributed by atoms with Gasteiger partial charge in [0.05, 0.1) is 24.7 Å². The van der Waals surface area contributed by atoms with Crippen LogP contribution < -0.4 is 5.73 Å². The summed E-state index contributed by atoms with van der Waals surface area (Å²) in [5.41, 5.74) is 5.40. The van der Waals surface area contributed by atoms with Crippen LogP contribution in [0.4, 0.5) is 8.78 Å². The van der Waals surface area contributed by atoms with Crippen molar-refractivity contribution in [3.05, 3.63) is 34.9 Å². The molecule has 1 aromatic rings. The molecule has 2 N–H and O–H groups in total. The minimum absolute atomic E-state index is 0.118. The number of rotatable bonds is 2. The largest absolute Gasteiger partial charge is 0.379 e. The summed E-state index contributed by atoms with van der Waals surface area (Å²) in [5.74, 6) is -2.94. The number of nitrogens with two attached hydrogens (primary N) is 1. The van der Waals surface area contributed by atoms with Crippen LogP contribution in [0, 0.1) is 24.5 Å². The Kier molecular flexibility index (Phi) is 3.22. The molecular weight excluding hydrogens is 228 g/mol. The van der Waals surface area contributed by atoms with Gasteiger partial charge in [-0.25, -0.2) is 8.78 Å². The molecule has 1 aromatic carbocycles. The maximum atomic E-state index is 13.8. The van der Waals surface area contributed by atoms with Crippen molar-refractivity contribution in [1.82, 2.24) is 0 Å². The Bertz CT molecular complexity index is 462. The second-order valence-electron chi connectivity index (χ2n) is 4.23. The van der Waals surface area contributed by atoms with E-state index in [0.29, 0.717) is 0 Å². The molecule has 5 heteroatoms. The molecule has 17 heavy (non-hydrogen) atoms. The minimum Gasteiger partial charge on any atom is -0.379 e. The average molecular weight is 241 g/mol. The standard InChI is InChI=1S/C12H13F2NO2/c1-6-2-3-8(13)10(11(6)14)12(16)7-4-17-5-9(7)15/h2-3,7,9H,4-5,15H2,1H3. The van der Waals surface area contributed by atoms with Gasteiger partial charge in [-0.1, -0.05) is 6.07 Å². The van der Waals surface area contributed by atoms with E-state index in [2.05, 4.69) is 0 Å². The molecule has 0 aromatic heterocycles. The number of halogens is 2. The maximum Gasteiger partial charge on any atom is 0.175 e. The van der Waals surface area contributed by atoms with Gasteiger partial charge in [-0.05, 0) is 18.6 Å². The van der Waals surface area contributed by atoms with Gasteiger partial charge in [0.1, 0.15) is 11.6 Å². The lowest BCUT2D eigenvalue weighted by Gasteiger charge is -2.13. The molecule has 1 saturated heterocycles. The van der Waals surface area contributed by atoms with Gasteiger partial charge < -0.3 is 10.5 Å². The number of Topliss-reactive ketones (excluding diaryl/α,β-unsaturated/α-hetero) is 1. The van der Waals surface area contributed by atoms with Crippen molar-refractivity contribution in [2.45, 2.75) is 13.0 Å². The Labute approximate surface area is 97.6 Å². The highest BCUT2D eigenvalue weighted by Crippen LogP contribution is 2.23. The average Bonchev–Trinajstić information content (AvgIpc) is 2.70. The van der Waals surface area contributed by atoms with Crippen molar-refractivity contribution in [2.24, 2.45) is 11.7 Å². The van der Waals surface area contributed by atoms with Gasteiger partial charge in [-0.15, -0.1) is 0 Å². The van der Waals surface area contributed by atoms with Crippen LogP contribution in [0.25, 0.3) is 0 Å². The van der Waals surface area contributed by atoms with Gasteiger partial charge in [0.2, 0.25) is 0 Å². The summed E-state index contributed by atoms with van der Waals surface area (Å²) >= 11 is 0. The van der Waals surface area contributed by atoms with Gasteiger partial charge in [-0.3, -0.25) is 4.79 Å². The Morgan fingerprint density at radius 3 is 2.71 bits per heavy atom. The Morgan fingerprint density at radius 1 is 1.41 bits per heavy atom. The number of hydrogen-bond acceptors (Lipinski definition) is 3. The third-order valence-corrected chi connectivity index (χ3v) is 2.99. The molecule has 1 aliphatic heterocycles. The number of ether oxygens (including phenoxy) is 1. The summed E-state index contributed by atoms with van der Waals surface area (Å²) in [5, 5.41) is 0. The van der Waals surface area contributed by atoms with E-state index in [0.717, 1.165) is 6.07 Å². The molecule has 0 amide bonds. The van der Waals surface area contributed by atoms with Crippen molar-refractivity contribution < 1.29 is 18.3 Å². The lowest BCUT2D eigenvalue weighted by molar-refractivity contribution is 0.0887. The first-order chi connectivity index (χ1) is 8.02. The highest BCUT2D eigenvalue weighted by atomic mass is 19.1. The highest BCUT2D eigenvalue weighted by molar-refractivity contribution is 5.99. The van der Waals surface area contributed by atoms with Crippen LogP contribution in [0.3, 0.4) is 0 Å². The third kappa shape index (κ3) is 2.08. The smallest absolute Gasteiger partial charge is 0.175 e. The van der Waals surface area contributed by atoms with Gasteiger partial charge >= 0.3 is 0 Å². The molecule has 1 aliphatic rings.